The van der Waals surface area contributed by atoms with Gasteiger partial charge in [0.1, 0.15) is 17.1 Å². The zero-order valence-corrected chi connectivity index (χ0v) is 11.6. The first kappa shape index (κ1) is 12.6. The van der Waals surface area contributed by atoms with E-state index in [1.54, 1.807) is 24.5 Å². The lowest BCUT2D eigenvalue weighted by Crippen LogP contribution is -2.29. The maximum Gasteiger partial charge on any atom is 0.212 e. The zero-order chi connectivity index (χ0) is 14.5. The Morgan fingerprint density at radius 1 is 1.20 bits per heavy atom. The zero-order valence-electron chi connectivity index (χ0n) is 11.6. The molecule has 0 radical (unpaired) electrons. The molecule has 0 saturated carbocycles. The molecule has 102 valence electrons. The van der Waals surface area contributed by atoms with Crippen molar-refractivity contribution in [3.8, 4) is 0 Å². The highest BCUT2D eigenvalue weighted by molar-refractivity contribution is 6.28. The van der Waals surface area contributed by atoms with Crippen LogP contribution in [-0.2, 0) is 5.54 Å². The van der Waals surface area contributed by atoms with Gasteiger partial charge in [0.15, 0.2) is 0 Å². The molecular weight excluding hydrogens is 254 g/mol. The molecule has 20 heavy (non-hydrogen) atoms. The lowest BCUT2D eigenvalue weighted by atomic mass is 9.89. The van der Waals surface area contributed by atoms with Crippen LogP contribution in [0.25, 0.3) is 0 Å². The van der Waals surface area contributed by atoms with Crippen LogP contribution in [0.5, 0.6) is 0 Å². The number of carbonyl (C=O) groups excluding carboxylic acids is 1. The third-order valence-corrected chi connectivity index (χ3v) is 3.46. The summed E-state index contributed by atoms with van der Waals surface area (Å²) in [5, 5.41) is 12.7. The number of hydrogen-bond donors (Lipinski definition) is 1. The standard InChI is InChI=1S/C15H15N3O2/c1-15(2,3)18-8-16-12-11(17-20)9-6-4-5-7-10(9)14(19)13(12)18/h4-8,20H,1-3H3/b17-11+. The molecule has 0 atom stereocenters. The number of aromatic nitrogens is 2. The summed E-state index contributed by atoms with van der Waals surface area (Å²) < 4.78 is 1.83. The number of oxime groups is 1. The Hall–Kier alpha value is -2.43. The number of ketones is 1. The molecule has 0 fully saturated rings. The van der Waals surface area contributed by atoms with Crippen molar-refractivity contribution in [1.29, 1.82) is 0 Å². The van der Waals surface area contributed by atoms with E-state index in [9.17, 15) is 10.0 Å². The first-order valence-electron chi connectivity index (χ1n) is 6.39. The average molecular weight is 269 g/mol. The van der Waals surface area contributed by atoms with E-state index in [1.165, 1.54) is 0 Å². The molecule has 1 aromatic heterocycles. The predicted octanol–water partition coefficient (Wildman–Crippen LogP) is 2.41. The van der Waals surface area contributed by atoms with Crippen LogP contribution in [0, 0.1) is 0 Å². The van der Waals surface area contributed by atoms with Gasteiger partial charge in [0, 0.05) is 16.7 Å². The minimum absolute atomic E-state index is 0.0876. The third kappa shape index (κ3) is 1.59. The largest absolute Gasteiger partial charge is 0.410 e. The number of benzene rings is 1. The predicted molar refractivity (Wildman–Crippen MR) is 74.5 cm³/mol. The number of rotatable bonds is 0. The molecule has 5 heteroatoms. The number of nitrogens with zero attached hydrogens (tertiary/aromatic N) is 3. The van der Waals surface area contributed by atoms with E-state index in [2.05, 4.69) is 10.1 Å². The fraction of sp³-hybridized carbons (Fsp3) is 0.267. The van der Waals surface area contributed by atoms with E-state index in [0.717, 1.165) is 0 Å². The molecule has 1 aliphatic rings. The molecule has 0 unspecified atom stereocenters. The molecule has 0 saturated heterocycles. The highest BCUT2D eigenvalue weighted by Crippen LogP contribution is 2.30. The van der Waals surface area contributed by atoms with E-state index >= 15 is 0 Å². The smallest absolute Gasteiger partial charge is 0.212 e. The molecule has 1 heterocycles. The van der Waals surface area contributed by atoms with Crippen molar-refractivity contribution in [3.05, 3.63) is 53.1 Å². The average Bonchev–Trinajstić information content (AvgIpc) is 2.84. The Morgan fingerprint density at radius 2 is 1.85 bits per heavy atom. The lowest BCUT2D eigenvalue weighted by molar-refractivity contribution is 0.102. The molecule has 0 bridgehead atoms. The third-order valence-electron chi connectivity index (χ3n) is 3.46. The second-order valence-corrected chi connectivity index (χ2v) is 5.81. The molecule has 1 aliphatic carbocycles. The van der Waals surface area contributed by atoms with Crippen LogP contribution in [0.4, 0.5) is 0 Å². The van der Waals surface area contributed by atoms with Crippen molar-refractivity contribution in [2.75, 3.05) is 0 Å². The summed E-state index contributed by atoms with van der Waals surface area (Å²) in [7, 11) is 0. The second kappa shape index (κ2) is 4.03. The van der Waals surface area contributed by atoms with Crippen LogP contribution in [0.2, 0.25) is 0 Å². The Bertz CT molecular complexity index is 736. The number of carbonyl (C=O) groups is 1. The Morgan fingerprint density at radius 3 is 2.45 bits per heavy atom. The van der Waals surface area contributed by atoms with E-state index < -0.39 is 0 Å². The summed E-state index contributed by atoms with van der Waals surface area (Å²) in [5.41, 5.74) is 2.14. The van der Waals surface area contributed by atoms with Gasteiger partial charge in [0.25, 0.3) is 0 Å². The number of hydrogen-bond acceptors (Lipinski definition) is 4. The van der Waals surface area contributed by atoms with Crippen molar-refractivity contribution in [2.24, 2.45) is 5.16 Å². The van der Waals surface area contributed by atoms with Crippen LogP contribution in [0.3, 0.4) is 0 Å². The number of fused-ring (bicyclic) bond motifs is 2. The summed E-state index contributed by atoms with van der Waals surface area (Å²) in [6.45, 7) is 6.00. The summed E-state index contributed by atoms with van der Waals surface area (Å²) in [6.07, 6.45) is 1.62. The van der Waals surface area contributed by atoms with Gasteiger partial charge in [-0.05, 0) is 20.8 Å². The Balaban J connectivity index is 2.34. The van der Waals surface area contributed by atoms with E-state index in [1.807, 2.05) is 31.4 Å². The van der Waals surface area contributed by atoms with Crippen molar-refractivity contribution in [3.63, 3.8) is 0 Å². The van der Waals surface area contributed by atoms with Gasteiger partial charge >= 0.3 is 0 Å². The van der Waals surface area contributed by atoms with Crippen molar-refractivity contribution in [2.45, 2.75) is 26.3 Å². The van der Waals surface area contributed by atoms with E-state index in [0.29, 0.717) is 28.2 Å². The fourth-order valence-electron chi connectivity index (χ4n) is 2.49. The highest BCUT2D eigenvalue weighted by atomic mass is 16.4. The van der Waals surface area contributed by atoms with Crippen molar-refractivity contribution in [1.82, 2.24) is 9.55 Å². The minimum atomic E-state index is -0.275. The molecule has 0 spiro atoms. The maximum atomic E-state index is 12.7. The van der Waals surface area contributed by atoms with Gasteiger partial charge < -0.3 is 9.77 Å². The highest BCUT2D eigenvalue weighted by Gasteiger charge is 2.35. The molecule has 2 aromatic rings. The molecule has 0 aliphatic heterocycles. The van der Waals surface area contributed by atoms with Crippen molar-refractivity contribution >= 4 is 11.5 Å². The molecular formula is C15H15N3O2. The van der Waals surface area contributed by atoms with Gasteiger partial charge in [0.2, 0.25) is 5.78 Å². The van der Waals surface area contributed by atoms with Gasteiger partial charge in [-0.1, -0.05) is 29.4 Å². The van der Waals surface area contributed by atoms with Crippen LogP contribution >= 0.6 is 0 Å². The minimum Gasteiger partial charge on any atom is -0.410 e. The van der Waals surface area contributed by atoms with Gasteiger partial charge in [-0.2, -0.15) is 0 Å². The lowest BCUT2D eigenvalue weighted by Gasteiger charge is -2.25. The summed E-state index contributed by atoms with van der Waals surface area (Å²) in [6, 6.07) is 7.12. The van der Waals surface area contributed by atoms with Crippen LogP contribution in [0.15, 0.2) is 35.7 Å². The normalized spacial score (nSPS) is 16.1. The first-order chi connectivity index (χ1) is 9.45. The molecule has 1 N–H and O–H groups in total. The Labute approximate surface area is 116 Å². The molecule has 1 aromatic carbocycles. The van der Waals surface area contributed by atoms with E-state index in [-0.39, 0.29) is 11.3 Å². The van der Waals surface area contributed by atoms with Gasteiger partial charge in [-0.25, -0.2) is 4.98 Å². The molecule has 3 rings (SSSR count). The summed E-state index contributed by atoms with van der Waals surface area (Å²) >= 11 is 0. The summed E-state index contributed by atoms with van der Waals surface area (Å²) in [5.74, 6) is -0.0876. The molecule has 0 amide bonds. The maximum absolute atomic E-state index is 12.7. The van der Waals surface area contributed by atoms with Gasteiger partial charge in [-0.15, -0.1) is 0 Å². The summed E-state index contributed by atoms with van der Waals surface area (Å²) in [4.78, 5) is 17.0. The monoisotopic (exact) mass is 269 g/mol. The molecule has 5 nitrogen and oxygen atoms in total. The van der Waals surface area contributed by atoms with Crippen LogP contribution in [0.1, 0.15) is 48.1 Å². The van der Waals surface area contributed by atoms with Crippen molar-refractivity contribution < 1.29 is 10.0 Å². The topological polar surface area (TPSA) is 67.5 Å². The van der Waals surface area contributed by atoms with Gasteiger partial charge in [0.05, 0.1) is 6.33 Å². The van der Waals surface area contributed by atoms with E-state index in [4.69, 9.17) is 0 Å². The Kier molecular flexibility index (Phi) is 2.54. The second-order valence-electron chi connectivity index (χ2n) is 5.81. The van der Waals surface area contributed by atoms with Crippen LogP contribution < -0.4 is 0 Å². The fourth-order valence-corrected chi connectivity index (χ4v) is 2.49. The van der Waals surface area contributed by atoms with Gasteiger partial charge in [-0.3, -0.25) is 4.79 Å². The number of imidazole rings is 1. The first-order valence-corrected chi connectivity index (χ1v) is 6.39. The van der Waals surface area contributed by atoms with Crippen LogP contribution in [-0.4, -0.2) is 26.3 Å². The SMILES string of the molecule is CC(C)(C)n1cnc2c1C(=O)c1ccccc1/C2=N\O. The quantitative estimate of drug-likeness (QED) is 0.503.